The number of carbonyl (C=O) groups excluding carboxylic acids is 1. The number of rotatable bonds is 4. The molecule has 120 valence electrons. The fourth-order valence-electron chi connectivity index (χ4n) is 2.81. The fraction of sp³-hybridized carbons (Fsp3) is 0.111. The Morgan fingerprint density at radius 1 is 1.12 bits per heavy atom. The van der Waals surface area contributed by atoms with Gasteiger partial charge in [-0.15, -0.1) is 0 Å². The maximum Gasteiger partial charge on any atom is 0.417 e. The van der Waals surface area contributed by atoms with Gasteiger partial charge in [0.2, 0.25) is 5.91 Å². The highest BCUT2D eigenvalue weighted by Crippen LogP contribution is 2.18. The molecule has 2 aromatic heterocycles. The Kier molecular flexibility index (Phi) is 3.42. The lowest BCUT2D eigenvalue weighted by molar-refractivity contribution is -0.120. The molecule has 0 saturated heterocycles. The smallest absolute Gasteiger partial charge is 0.408 e. The van der Waals surface area contributed by atoms with Gasteiger partial charge >= 0.3 is 5.76 Å². The van der Waals surface area contributed by atoms with E-state index in [0.717, 1.165) is 22.0 Å². The summed E-state index contributed by atoms with van der Waals surface area (Å²) in [5, 5.41) is 3.95. The zero-order valence-corrected chi connectivity index (χ0v) is 12.8. The first-order valence-electron chi connectivity index (χ1n) is 7.62. The number of para-hydroxylation sites is 1. The number of hydrogen-bond donors (Lipinski definition) is 3. The van der Waals surface area contributed by atoms with Gasteiger partial charge < -0.3 is 14.7 Å². The van der Waals surface area contributed by atoms with Crippen LogP contribution in [0.5, 0.6) is 0 Å². The van der Waals surface area contributed by atoms with Crippen molar-refractivity contribution in [1.29, 1.82) is 0 Å². The third kappa shape index (κ3) is 2.69. The van der Waals surface area contributed by atoms with Crippen molar-refractivity contribution in [2.45, 2.75) is 13.0 Å². The fourth-order valence-corrected chi connectivity index (χ4v) is 2.81. The molecular formula is C18H15N3O3. The largest absolute Gasteiger partial charge is 0.417 e. The summed E-state index contributed by atoms with van der Waals surface area (Å²) in [4.78, 5) is 29.1. The topological polar surface area (TPSA) is 90.9 Å². The lowest BCUT2D eigenvalue weighted by atomic mass is 10.1. The van der Waals surface area contributed by atoms with Crippen LogP contribution in [0, 0.1) is 0 Å². The summed E-state index contributed by atoms with van der Waals surface area (Å²) in [5.41, 5.74) is 4.00. The second-order valence-electron chi connectivity index (χ2n) is 5.66. The Morgan fingerprint density at radius 3 is 2.92 bits per heavy atom. The molecule has 0 fully saturated rings. The van der Waals surface area contributed by atoms with Gasteiger partial charge in [-0.1, -0.05) is 24.3 Å². The molecule has 0 radical (unpaired) electrons. The predicted octanol–water partition coefficient (Wildman–Crippen LogP) is 2.46. The molecule has 3 N–H and O–H groups in total. The van der Waals surface area contributed by atoms with E-state index in [4.69, 9.17) is 4.42 Å². The normalized spacial score (nSPS) is 11.2. The quantitative estimate of drug-likeness (QED) is 0.539. The average Bonchev–Trinajstić information content (AvgIpc) is 3.15. The predicted molar refractivity (Wildman–Crippen MR) is 90.7 cm³/mol. The van der Waals surface area contributed by atoms with E-state index in [1.54, 1.807) is 12.1 Å². The molecule has 0 atom stereocenters. The van der Waals surface area contributed by atoms with E-state index >= 15 is 0 Å². The van der Waals surface area contributed by atoms with Gasteiger partial charge in [-0.2, -0.15) is 0 Å². The van der Waals surface area contributed by atoms with Crippen LogP contribution in [0.2, 0.25) is 0 Å². The van der Waals surface area contributed by atoms with Crippen LogP contribution in [0.15, 0.2) is 57.9 Å². The van der Waals surface area contributed by atoms with Crippen LogP contribution >= 0.6 is 0 Å². The average molecular weight is 321 g/mol. The van der Waals surface area contributed by atoms with Crippen LogP contribution in [-0.2, 0) is 17.8 Å². The van der Waals surface area contributed by atoms with Crippen LogP contribution in [0.3, 0.4) is 0 Å². The van der Waals surface area contributed by atoms with Crippen LogP contribution in [0.25, 0.3) is 22.0 Å². The molecule has 0 aliphatic carbocycles. The summed E-state index contributed by atoms with van der Waals surface area (Å²) in [7, 11) is 0. The van der Waals surface area contributed by atoms with E-state index in [9.17, 15) is 9.59 Å². The van der Waals surface area contributed by atoms with Crippen LogP contribution in [-0.4, -0.2) is 15.9 Å². The molecule has 6 nitrogen and oxygen atoms in total. The minimum absolute atomic E-state index is 0.0598. The Bertz CT molecular complexity index is 1090. The Morgan fingerprint density at radius 2 is 2.00 bits per heavy atom. The van der Waals surface area contributed by atoms with Gasteiger partial charge in [-0.05, 0) is 29.3 Å². The summed E-state index contributed by atoms with van der Waals surface area (Å²) in [6, 6.07) is 13.3. The molecule has 6 heteroatoms. The molecule has 0 spiro atoms. The lowest BCUT2D eigenvalue weighted by Gasteiger charge is -2.05. The van der Waals surface area contributed by atoms with Gasteiger partial charge in [0.25, 0.3) is 0 Å². The molecule has 0 unspecified atom stereocenters. The number of oxazole rings is 1. The minimum atomic E-state index is -0.481. The maximum absolute atomic E-state index is 12.2. The van der Waals surface area contributed by atoms with Crippen molar-refractivity contribution in [3.05, 3.63) is 70.3 Å². The monoisotopic (exact) mass is 321 g/mol. The second-order valence-corrected chi connectivity index (χ2v) is 5.66. The summed E-state index contributed by atoms with van der Waals surface area (Å²) in [6.07, 6.45) is 2.18. The lowest BCUT2D eigenvalue weighted by Crippen LogP contribution is -2.24. The maximum atomic E-state index is 12.2. The highest BCUT2D eigenvalue weighted by Gasteiger charge is 2.09. The molecule has 2 heterocycles. The number of benzene rings is 2. The van der Waals surface area contributed by atoms with Gasteiger partial charge in [0.05, 0.1) is 11.9 Å². The van der Waals surface area contributed by atoms with Crippen molar-refractivity contribution in [3.8, 4) is 0 Å². The van der Waals surface area contributed by atoms with Crippen LogP contribution in [0.1, 0.15) is 11.1 Å². The molecule has 4 aromatic rings. The summed E-state index contributed by atoms with van der Waals surface area (Å²) >= 11 is 0. The molecule has 1 amide bonds. The van der Waals surface area contributed by atoms with E-state index < -0.39 is 5.76 Å². The molecule has 0 aliphatic rings. The third-order valence-electron chi connectivity index (χ3n) is 4.00. The van der Waals surface area contributed by atoms with Crippen LogP contribution in [0.4, 0.5) is 0 Å². The van der Waals surface area contributed by atoms with Crippen molar-refractivity contribution in [3.63, 3.8) is 0 Å². The number of amides is 1. The SMILES string of the molecule is O=C(Cc1c[nH]c2ccccc12)NCc1ccc2[nH]c(=O)oc2c1. The third-order valence-corrected chi connectivity index (χ3v) is 4.00. The summed E-state index contributed by atoms with van der Waals surface area (Å²) in [6.45, 7) is 0.381. The Hall–Kier alpha value is -3.28. The van der Waals surface area contributed by atoms with E-state index in [2.05, 4.69) is 15.3 Å². The number of hydrogen-bond acceptors (Lipinski definition) is 3. The molecule has 24 heavy (non-hydrogen) atoms. The van der Waals surface area contributed by atoms with Crippen LogP contribution < -0.4 is 11.1 Å². The van der Waals surface area contributed by atoms with Gasteiger partial charge in [0.1, 0.15) is 0 Å². The van der Waals surface area contributed by atoms with Gasteiger partial charge in [-0.25, -0.2) is 4.79 Å². The first kappa shape index (κ1) is 14.3. The standard InChI is InChI=1S/C18H15N3O3/c22-17(8-12-10-19-14-4-2-1-3-13(12)14)20-9-11-5-6-15-16(7-11)24-18(23)21-15/h1-7,10,19H,8-9H2,(H,20,22)(H,21,23). The minimum Gasteiger partial charge on any atom is -0.408 e. The van der Waals surface area contributed by atoms with Crippen molar-refractivity contribution in [1.82, 2.24) is 15.3 Å². The zero-order chi connectivity index (χ0) is 16.5. The van der Waals surface area contributed by atoms with Crippen molar-refractivity contribution < 1.29 is 9.21 Å². The van der Waals surface area contributed by atoms with Crippen molar-refractivity contribution in [2.75, 3.05) is 0 Å². The number of H-pyrrole nitrogens is 2. The first-order chi connectivity index (χ1) is 11.7. The molecule has 2 aromatic carbocycles. The highest BCUT2D eigenvalue weighted by molar-refractivity contribution is 5.88. The zero-order valence-electron chi connectivity index (χ0n) is 12.8. The molecule has 0 saturated carbocycles. The molecule has 0 aliphatic heterocycles. The number of nitrogens with one attached hydrogen (secondary N) is 3. The summed E-state index contributed by atoms with van der Waals surface area (Å²) < 4.78 is 5.02. The number of aromatic amines is 2. The second kappa shape index (κ2) is 5.73. The summed E-state index contributed by atoms with van der Waals surface area (Å²) in [5.74, 6) is -0.541. The first-order valence-corrected chi connectivity index (χ1v) is 7.62. The highest BCUT2D eigenvalue weighted by atomic mass is 16.4. The molecular weight excluding hydrogens is 306 g/mol. The molecule has 4 rings (SSSR count). The number of fused-ring (bicyclic) bond motifs is 2. The van der Waals surface area contributed by atoms with Gasteiger partial charge in [-0.3, -0.25) is 9.78 Å². The van der Waals surface area contributed by atoms with Gasteiger partial charge in [0.15, 0.2) is 5.58 Å². The van der Waals surface area contributed by atoms with E-state index in [-0.39, 0.29) is 5.91 Å². The van der Waals surface area contributed by atoms with Crippen molar-refractivity contribution >= 4 is 27.9 Å². The Balaban J connectivity index is 1.44. The van der Waals surface area contributed by atoms with Gasteiger partial charge in [0, 0.05) is 23.6 Å². The van der Waals surface area contributed by atoms with E-state index in [0.29, 0.717) is 24.1 Å². The number of carbonyl (C=O) groups is 1. The van der Waals surface area contributed by atoms with E-state index in [1.165, 1.54) is 0 Å². The van der Waals surface area contributed by atoms with Crippen molar-refractivity contribution in [2.24, 2.45) is 0 Å². The number of aromatic nitrogens is 2. The van der Waals surface area contributed by atoms with E-state index in [1.807, 2.05) is 36.5 Å². The molecule has 0 bridgehead atoms. The Labute approximate surface area is 136 Å².